The molecule has 0 saturated carbocycles. The minimum Gasteiger partial charge on any atom is -0.484 e. The van der Waals surface area contributed by atoms with Crippen LogP contribution in [0, 0.1) is 18.6 Å². The molecule has 23 heavy (non-hydrogen) atoms. The van der Waals surface area contributed by atoms with E-state index in [4.69, 9.17) is 4.74 Å². The number of benzene rings is 2. The first-order chi connectivity index (χ1) is 10.9. The smallest absolute Gasteiger partial charge is 0.260 e. The van der Waals surface area contributed by atoms with Crippen molar-refractivity contribution in [2.75, 3.05) is 13.7 Å². The molecule has 0 aliphatic rings. The molecule has 1 unspecified atom stereocenters. The van der Waals surface area contributed by atoms with Crippen LogP contribution in [0.2, 0.25) is 0 Å². The summed E-state index contributed by atoms with van der Waals surface area (Å²) < 4.78 is 31.8. The van der Waals surface area contributed by atoms with Gasteiger partial charge in [0.25, 0.3) is 5.91 Å². The molecule has 5 heteroatoms. The van der Waals surface area contributed by atoms with Gasteiger partial charge in [-0.2, -0.15) is 0 Å². The van der Waals surface area contributed by atoms with Gasteiger partial charge in [-0.1, -0.05) is 18.2 Å². The maximum absolute atomic E-state index is 13.3. The van der Waals surface area contributed by atoms with Gasteiger partial charge in [-0.15, -0.1) is 0 Å². The van der Waals surface area contributed by atoms with Gasteiger partial charge in [0.2, 0.25) is 0 Å². The molecule has 0 saturated heterocycles. The van der Waals surface area contributed by atoms with Crippen LogP contribution in [0.3, 0.4) is 0 Å². The topological polar surface area (TPSA) is 29.5 Å². The van der Waals surface area contributed by atoms with Crippen molar-refractivity contribution in [1.82, 2.24) is 4.90 Å². The third kappa shape index (κ3) is 4.28. The highest BCUT2D eigenvalue weighted by Crippen LogP contribution is 2.21. The van der Waals surface area contributed by atoms with Crippen molar-refractivity contribution in [3.05, 3.63) is 65.2 Å². The molecule has 0 aliphatic heterocycles. The molecule has 0 heterocycles. The molecule has 2 rings (SSSR count). The Morgan fingerprint density at radius 2 is 1.91 bits per heavy atom. The van der Waals surface area contributed by atoms with Crippen molar-refractivity contribution in [2.45, 2.75) is 19.9 Å². The van der Waals surface area contributed by atoms with Crippen LogP contribution in [-0.4, -0.2) is 24.5 Å². The number of halogens is 2. The molecule has 0 N–H and O–H groups in total. The Hall–Kier alpha value is -2.43. The summed E-state index contributed by atoms with van der Waals surface area (Å²) in [4.78, 5) is 13.6. The van der Waals surface area contributed by atoms with Crippen LogP contribution in [0.4, 0.5) is 8.78 Å². The second-order valence-corrected chi connectivity index (χ2v) is 5.46. The number of amides is 1. The fraction of sp³-hybridized carbons (Fsp3) is 0.278. The molecule has 0 spiro atoms. The Kier molecular flexibility index (Phi) is 5.32. The molecule has 3 nitrogen and oxygen atoms in total. The van der Waals surface area contributed by atoms with Crippen molar-refractivity contribution in [3.63, 3.8) is 0 Å². The standard InChI is InChI=1S/C18H19F2NO2/c1-12-5-4-6-15(9-12)23-11-18(22)21(3)13(2)14-7-8-16(19)17(20)10-14/h4-10,13H,11H2,1-3H3. The van der Waals surface area contributed by atoms with Gasteiger partial charge in [0.05, 0.1) is 6.04 Å². The summed E-state index contributed by atoms with van der Waals surface area (Å²) in [5.74, 6) is -1.46. The van der Waals surface area contributed by atoms with Crippen LogP contribution in [0.15, 0.2) is 42.5 Å². The Morgan fingerprint density at radius 3 is 2.57 bits per heavy atom. The maximum atomic E-state index is 13.3. The van der Waals surface area contributed by atoms with Gasteiger partial charge in [0.15, 0.2) is 18.2 Å². The Labute approximate surface area is 134 Å². The third-order valence-electron chi connectivity index (χ3n) is 3.75. The largest absolute Gasteiger partial charge is 0.484 e. The van der Waals surface area contributed by atoms with E-state index >= 15 is 0 Å². The van der Waals surface area contributed by atoms with E-state index in [1.807, 2.05) is 25.1 Å². The fourth-order valence-corrected chi connectivity index (χ4v) is 2.16. The summed E-state index contributed by atoms with van der Waals surface area (Å²) in [6, 6.07) is 10.6. The average molecular weight is 319 g/mol. The normalized spacial score (nSPS) is 11.9. The van der Waals surface area contributed by atoms with E-state index in [0.717, 1.165) is 17.7 Å². The van der Waals surface area contributed by atoms with Crippen LogP contribution < -0.4 is 4.74 Å². The summed E-state index contributed by atoms with van der Waals surface area (Å²) >= 11 is 0. The van der Waals surface area contributed by atoms with E-state index in [1.165, 1.54) is 11.0 Å². The van der Waals surface area contributed by atoms with Crippen molar-refractivity contribution >= 4 is 5.91 Å². The van der Waals surface area contributed by atoms with Crippen molar-refractivity contribution in [1.29, 1.82) is 0 Å². The summed E-state index contributed by atoms with van der Waals surface area (Å²) in [7, 11) is 1.61. The number of carbonyl (C=O) groups excluding carboxylic acids is 1. The molecule has 0 aromatic heterocycles. The fourth-order valence-electron chi connectivity index (χ4n) is 2.16. The van der Waals surface area contributed by atoms with E-state index in [1.54, 1.807) is 20.0 Å². The number of carbonyl (C=O) groups is 1. The molecular formula is C18H19F2NO2. The molecule has 0 bridgehead atoms. The summed E-state index contributed by atoms with van der Waals surface area (Å²) in [5, 5.41) is 0. The molecule has 1 atom stereocenters. The van der Waals surface area contributed by atoms with Gasteiger partial charge < -0.3 is 9.64 Å². The number of aryl methyl sites for hydroxylation is 1. The second-order valence-electron chi connectivity index (χ2n) is 5.46. The van der Waals surface area contributed by atoms with Crippen LogP contribution in [0.25, 0.3) is 0 Å². The number of rotatable bonds is 5. The van der Waals surface area contributed by atoms with E-state index < -0.39 is 17.7 Å². The minimum absolute atomic E-state index is 0.117. The number of likely N-dealkylation sites (N-methyl/N-ethyl adjacent to an activating group) is 1. The summed E-state index contributed by atoms with van der Waals surface area (Å²) in [6.07, 6.45) is 0. The van der Waals surface area contributed by atoms with Gasteiger partial charge in [-0.3, -0.25) is 4.79 Å². The molecule has 2 aromatic carbocycles. The van der Waals surface area contributed by atoms with Crippen LogP contribution in [-0.2, 0) is 4.79 Å². The Balaban J connectivity index is 1.99. The lowest BCUT2D eigenvalue weighted by Crippen LogP contribution is -2.33. The highest BCUT2D eigenvalue weighted by atomic mass is 19.2. The highest BCUT2D eigenvalue weighted by Gasteiger charge is 2.19. The first-order valence-electron chi connectivity index (χ1n) is 7.28. The third-order valence-corrected chi connectivity index (χ3v) is 3.75. The number of ether oxygens (including phenoxy) is 1. The molecule has 0 fully saturated rings. The predicted molar refractivity (Wildman–Crippen MR) is 84.2 cm³/mol. The van der Waals surface area contributed by atoms with E-state index in [9.17, 15) is 13.6 Å². The zero-order chi connectivity index (χ0) is 17.0. The quantitative estimate of drug-likeness (QED) is 0.837. The molecule has 2 aromatic rings. The lowest BCUT2D eigenvalue weighted by Gasteiger charge is -2.25. The maximum Gasteiger partial charge on any atom is 0.260 e. The second kappa shape index (κ2) is 7.22. The SMILES string of the molecule is Cc1cccc(OCC(=O)N(C)C(C)c2ccc(F)c(F)c2)c1. The van der Waals surface area contributed by atoms with E-state index in [-0.39, 0.29) is 12.5 Å². The molecule has 122 valence electrons. The number of hydrogen-bond donors (Lipinski definition) is 0. The lowest BCUT2D eigenvalue weighted by atomic mass is 10.1. The van der Waals surface area contributed by atoms with Crippen LogP contribution in [0.1, 0.15) is 24.1 Å². The van der Waals surface area contributed by atoms with Crippen molar-refractivity contribution in [2.24, 2.45) is 0 Å². The van der Waals surface area contributed by atoms with Gasteiger partial charge in [0, 0.05) is 7.05 Å². The molecule has 0 aliphatic carbocycles. The van der Waals surface area contributed by atoms with Crippen molar-refractivity contribution < 1.29 is 18.3 Å². The average Bonchev–Trinajstić information content (AvgIpc) is 2.54. The summed E-state index contributed by atoms with van der Waals surface area (Å²) in [5.41, 5.74) is 1.56. The lowest BCUT2D eigenvalue weighted by molar-refractivity contribution is -0.134. The Bertz CT molecular complexity index is 703. The molecular weight excluding hydrogens is 300 g/mol. The first kappa shape index (κ1) is 16.9. The molecule has 0 radical (unpaired) electrons. The van der Waals surface area contributed by atoms with Crippen molar-refractivity contribution in [3.8, 4) is 5.75 Å². The van der Waals surface area contributed by atoms with Gasteiger partial charge >= 0.3 is 0 Å². The van der Waals surface area contributed by atoms with E-state index in [0.29, 0.717) is 11.3 Å². The first-order valence-corrected chi connectivity index (χ1v) is 7.28. The zero-order valence-electron chi connectivity index (χ0n) is 13.3. The van der Waals surface area contributed by atoms with Gasteiger partial charge in [-0.05, 0) is 49.2 Å². The monoisotopic (exact) mass is 319 g/mol. The number of hydrogen-bond acceptors (Lipinski definition) is 2. The van der Waals surface area contributed by atoms with E-state index in [2.05, 4.69) is 0 Å². The Morgan fingerprint density at radius 1 is 1.17 bits per heavy atom. The molecule has 1 amide bonds. The zero-order valence-corrected chi connectivity index (χ0v) is 13.3. The van der Waals surface area contributed by atoms with Gasteiger partial charge in [-0.25, -0.2) is 8.78 Å². The summed E-state index contributed by atoms with van der Waals surface area (Å²) in [6.45, 7) is 3.57. The van der Waals surface area contributed by atoms with Crippen LogP contribution in [0.5, 0.6) is 5.75 Å². The van der Waals surface area contributed by atoms with Crippen LogP contribution >= 0.6 is 0 Å². The highest BCUT2D eigenvalue weighted by molar-refractivity contribution is 5.78. The number of nitrogens with zero attached hydrogens (tertiary/aromatic N) is 1. The van der Waals surface area contributed by atoms with Gasteiger partial charge in [0.1, 0.15) is 5.75 Å². The minimum atomic E-state index is -0.925. The predicted octanol–water partition coefficient (Wildman–Crippen LogP) is 3.87.